The Balaban J connectivity index is 3.40. The zero-order valence-electron chi connectivity index (χ0n) is 5.87. The molecule has 0 aliphatic rings. The lowest BCUT2D eigenvalue weighted by Crippen LogP contribution is -2.16. The molecule has 1 unspecified atom stereocenters. The second-order valence-electron chi connectivity index (χ2n) is 2.54. The minimum absolute atomic E-state index is 0.0328. The molecule has 0 saturated carbocycles. The predicted molar refractivity (Wildman–Crippen MR) is 38.9 cm³/mol. The summed E-state index contributed by atoms with van der Waals surface area (Å²) in [5.41, 5.74) is 5.37. The fourth-order valence-corrected chi connectivity index (χ4v) is 1.33. The van der Waals surface area contributed by atoms with E-state index in [4.69, 9.17) is 10.6 Å². The summed E-state index contributed by atoms with van der Waals surface area (Å²) in [7, 11) is -2.80. The summed E-state index contributed by atoms with van der Waals surface area (Å²) in [4.78, 5) is 8.77. The molecule has 0 aliphatic heterocycles. The molecule has 0 aliphatic carbocycles. The number of hydrogen-bond acceptors (Lipinski definition) is 2. The Kier molecular flexibility index (Phi) is 3.41. The standard InChI is InChI=1S/C5H14NO2P/c1-5(6)3-4-9(2,7)8/h5H,3-4,6H2,1-2H3,(H,7,8)/t5-/m0/s1. The van der Waals surface area contributed by atoms with Crippen LogP contribution in [0.5, 0.6) is 0 Å². The van der Waals surface area contributed by atoms with Gasteiger partial charge in [0.2, 0.25) is 0 Å². The second-order valence-corrected chi connectivity index (χ2v) is 5.09. The first-order chi connectivity index (χ1) is 3.92. The monoisotopic (exact) mass is 151 g/mol. The average Bonchev–Trinajstić information content (AvgIpc) is 1.59. The molecule has 0 spiro atoms. The molecule has 0 bridgehead atoms. The van der Waals surface area contributed by atoms with E-state index in [1.807, 2.05) is 6.92 Å². The van der Waals surface area contributed by atoms with Crippen LogP contribution in [0.4, 0.5) is 0 Å². The van der Waals surface area contributed by atoms with Gasteiger partial charge in [-0.05, 0) is 13.3 Å². The van der Waals surface area contributed by atoms with Crippen molar-refractivity contribution in [2.75, 3.05) is 12.8 Å². The third-order valence-electron chi connectivity index (χ3n) is 0.999. The van der Waals surface area contributed by atoms with E-state index in [2.05, 4.69) is 0 Å². The van der Waals surface area contributed by atoms with Gasteiger partial charge in [0, 0.05) is 18.9 Å². The van der Waals surface area contributed by atoms with Crippen molar-refractivity contribution in [2.45, 2.75) is 19.4 Å². The molecule has 0 rings (SSSR count). The molecule has 0 fully saturated rings. The summed E-state index contributed by atoms with van der Waals surface area (Å²) in [5.74, 6) is 0. The van der Waals surface area contributed by atoms with Crippen LogP contribution in [0.15, 0.2) is 0 Å². The molecule has 56 valence electrons. The van der Waals surface area contributed by atoms with E-state index < -0.39 is 7.37 Å². The van der Waals surface area contributed by atoms with Crippen LogP contribution in [-0.2, 0) is 4.57 Å². The highest BCUT2D eigenvalue weighted by molar-refractivity contribution is 7.57. The highest BCUT2D eigenvalue weighted by atomic mass is 31.2. The molecule has 2 atom stereocenters. The predicted octanol–water partition coefficient (Wildman–Crippen LogP) is 0.624. The smallest absolute Gasteiger partial charge is 0.197 e. The quantitative estimate of drug-likeness (QED) is 0.581. The molecule has 9 heavy (non-hydrogen) atoms. The summed E-state index contributed by atoms with van der Waals surface area (Å²) in [6, 6.07) is 0.0328. The van der Waals surface area contributed by atoms with Gasteiger partial charge < -0.3 is 10.6 Å². The maximum Gasteiger partial charge on any atom is 0.197 e. The van der Waals surface area contributed by atoms with E-state index in [0.29, 0.717) is 12.6 Å². The minimum Gasteiger partial charge on any atom is -0.344 e. The summed E-state index contributed by atoms with van der Waals surface area (Å²) >= 11 is 0. The summed E-state index contributed by atoms with van der Waals surface area (Å²) < 4.78 is 10.6. The van der Waals surface area contributed by atoms with Crippen LogP contribution in [-0.4, -0.2) is 23.8 Å². The van der Waals surface area contributed by atoms with Gasteiger partial charge in [-0.25, -0.2) is 0 Å². The van der Waals surface area contributed by atoms with Crippen LogP contribution in [0.1, 0.15) is 13.3 Å². The van der Waals surface area contributed by atoms with Crippen LogP contribution < -0.4 is 5.73 Å². The third-order valence-corrected chi connectivity index (χ3v) is 2.09. The topological polar surface area (TPSA) is 63.3 Å². The normalized spacial score (nSPS) is 20.9. The Morgan fingerprint density at radius 2 is 2.22 bits per heavy atom. The van der Waals surface area contributed by atoms with Crippen molar-refractivity contribution in [3.05, 3.63) is 0 Å². The van der Waals surface area contributed by atoms with Crippen molar-refractivity contribution in [3.8, 4) is 0 Å². The van der Waals surface area contributed by atoms with Crippen LogP contribution in [0.25, 0.3) is 0 Å². The zero-order valence-corrected chi connectivity index (χ0v) is 6.77. The molecule has 3 nitrogen and oxygen atoms in total. The van der Waals surface area contributed by atoms with Crippen molar-refractivity contribution in [2.24, 2.45) is 5.73 Å². The molecule has 0 aromatic carbocycles. The van der Waals surface area contributed by atoms with Crippen molar-refractivity contribution < 1.29 is 9.46 Å². The fraction of sp³-hybridized carbons (Fsp3) is 1.00. The van der Waals surface area contributed by atoms with Crippen LogP contribution in [0, 0.1) is 0 Å². The molecule has 0 aromatic rings. The second kappa shape index (κ2) is 3.35. The highest BCUT2D eigenvalue weighted by Gasteiger charge is 2.09. The van der Waals surface area contributed by atoms with Gasteiger partial charge in [0.1, 0.15) is 0 Å². The molecular formula is C5H14NO2P. The first-order valence-corrected chi connectivity index (χ1v) is 5.26. The molecule has 0 saturated heterocycles. The van der Waals surface area contributed by atoms with Crippen molar-refractivity contribution in [1.82, 2.24) is 0 Å². The largest absolute Gasteiger partial charge is 0.344 e. The van der Waals surface area contributed by atoms with Crippen molar-refractivity contribution in [3.63, 3.8) is 0 Å². The van der Waals surface area contributed by atoms with E-state index in [1.165, 1.54) is 6.66 Å². The lowest BCUT2D eigenvalue weighted by Gasteiger charge is -2.06. The third kappa shape index (κ3) is 8.15. The van der Waals surface area contributed by atoms with E-state index in [-0.39, 0.29) is 6.04 Å². The Hall–Kier alpha value is 0.150. The number of rotatable bonds is 3. The summed E-state index contributed by atoms with van der Waals surface area (Å²) in [6.45, 7) is 3.19. The Labute approximate surface area is 55.7 Å². The van der Waals surface area contributed by atoms with Crippen molar-refractivity contribution >= 4 is 7.37 Å². The summed E-state index contributed by atoms with van der Waals surface area (Å²) in [5, 5.41) is 0. The van der Waals surface area contributed by atoms with Gasteiger partial charge in [-0.1, -0.05) is 0 Å². The van der Waals surface area contributed by atoms with Gasteiger partial charge >= 0.3 is 0 Å². The lowest BCUT2D eigenvalue weighted by atomic mass is 10.3. The van der Waals surface area contributed by atoms with Crippen LogP contribution in [0.3, 0.4) is 0 Å². The maximum absolute atomic E-state index is 10.6. The number of nitrogens with two attached hydrogens (primary N) is 1. The Morgan fingerprint density at radius 3 is 2.33 bits per heavy atom. The van der Waals surface area contributed by atoms with Crippen LogP contribution >= 0.6 is 7.37 Å². The minimum atomic E-state index is -2.80. The average molecular weight is 151 g/mol. The Morgan fingerprint density at radius 1 is 1.78 bits per heavy atom. The Bertz CT molecular complexity index is 118. The van der Waals surface area contributed by atoms with E-state index in [0.717, 1.165) is 0 Å². The SMILES string of the molecule is C[C@H](N)CCP(C)(=O)O. The fourth-order valence-electron chi connectivity index (χ4n) is 0.443. The molecule has 0 radical (unpaired) electrons. The summed E-state index contributed by atoms with van der Waals surface area (Å²) in [6.07, 6.45) is 0.967. The highest BCUT2D eigenvalue weighted by Crippen LogP contribution is 2.35. The zero-order chi connectivity index (χ0) is 7.49. The van der Waals surface area contributed by atoms with Crippen molar-refractivity contribution in [1.29, 1.82) is 0 Å². The molecule has 0 heterocycles. The van der Waals surface area contributed by atoms with Gasteiger partial charge in [0.25, 0.3) is 0 Å². The van der Waals surface area contributed by atoms with E-state index >= 15 is 0 Å². The maximum atomic E-state index is 10.6. The number of hydrogen-bond donors (Lipinski definition) is 2. The molecule has 0 amide bonds. The molecular weight excluding hydrogens is 137 g/mol. The lowest BCUT2D eigenvalue weighted by molar-refractivity contribution is 0.480. The van der Waals surface area contributed by atoms with Gasteiger partial charge in [-0.3, -0.25) is 4.57 Å². The van der Waals surface area contributed by atoms with E-state index in [9.17, 15) is 4.57 Å². The molecule has 3 N–H and O–H groups in total. The van der Waals surface area contributed by atoms with Gasteiger partial charge in [0.15, 0.2) is 7.37 Å². The first-order valence-electron chi connectivity index (χ1n) is 2.96. The van der Waals surface area contributed by atoms with Crippen LogP contribution in [0.2, 0.25) is 0 Å². The molecule has 0 aromatic heterocycles. The van der Waals surface area contributed by atoms with E-state index in [1.54, 1.807) is 0 Å². The van der Waals surface area contributed by atoms with Gasteiger partial charge in [-0.2, -0.15) is 0 Å². The first kappa shape index (κ1) is 9.15. The molecule has 4 heteroatoms. The van der Waals surface area contributed by atoms with Gasteiger partial charge in [-0.15, -0.1) is 0 Å². The van der Waals surface area contributed by atoms with Gasteiger partial charge in [0.05, 0.1) is 0 Å².